The van der Waals surface area contributed by atoms with E-state index in [1.807, 2.05) is 0 Å². The summed E-state index contributed by atoms with van der Waals surface area (Å²) in [6.45, 7) is 0. The van der Waals surface area contributed by atoms with E-state index < -0.39 is 0 Å². The number of benzene rings is 1. The summed E-state index contributed by atoms with van der Waals surface area (Å²) in [5.41, 5.74) is 0.498. The van der Waals surface area contributed by atoms with E-state index in [1.165, 1.54) is 32.1 Å². The van der Waals surface area contributed by atoms with E-state index in [0.29, 0.717) is 33.5 Å². The first-order valence-electron chi connectivity index (χ1n) is 7.86. The Labute approximate surface area is 135 Å². The summed E-state index contributed by atoms with van der Waals surface area (Å²) >= 11 is 12.2. The highest BCUT2D eigenvalue weighted by Crippen LogP contribution is 2.53. The van der Waals surface area contributed by atoms with Crippen LogP contribution in [0.15, 0.2) is 18.2 Å². The molecule has 0 radical (unpaired) electrons. The molecule has 0 atom stereocenters. The van der Waals surface area contributed by atoms with Crippen molar-refractivity contribution in [3.8, 4) is 0 Å². The van der Waals surface area contributed by atoms with Crippen molar-refractivity contribution in [1.82, 2.24) is 5.32 Å². The molecule has 5 rings (SSSR count). The summed E-state index contributed by atoms with van der Waals surface area (Å²) in [6, 6.07) is 5.57. The van der Waals surface area contributed by atoms with Crippen LogP contribution in [0, 0.1) is 23.7 Å². The minimum absolute atomic E-state index is 0.0695. The Morgan fingerprint density at radius 2 is 1.62 bits per heavy atom. The van der Waals surface area contributed by atoms with Gasteiger partial charge in [0.05, 0.1) is 15.6 Å². The van der Waals surface area contributed by atoms with Crippen LogP contribution in [0.2, 0.25) is 10.0 Å². The molecule has 4 fully saturated rings. The molecule has 0 aromatic heterocycles. The van der Waals surface area contributed by atoms with Gasteiger partial charge in [-0.3, -0.25) is 4.79 Å². The van der Waals surface area contributed by atoms with Gasteiger partial charge in [-0.2, -0.15) is 0 Å². The number of carbonyl (C=O) groups excluding carboxylic acids is 1. The van der Waals surface area contributed by atoms with Crippen LogP contribution in [-0.4, -0.2) is 11.9 Å². The van der Waals surface area contributed by atoms with Crippen LogP contribution in [0.1, 0.15) is 42.5 Å². The van der Waals surface area contributed by atoms with Crippen LogP contribution in [0.25, 0.3) is 0 Å². The molecule has 1 N–H and O–H groups in total. The Bertz CT molecular complexity index is 558. The van der Waals surface area contributed by atoms with E-state index in [4.69, 9.17) is 23.2 Å². The van der Waals surface area contributed by atoms with Gasteiger partial charge in [0, 0.05) is 6.04 Å². The first-order valence-corrected chi connectivity index (χ1v) is 8.62. The first-order chi connectivity index (χ1) is 10.1. The van der Waals surface area contributed by atoms with Gasteiger partial charge in [0.15, 0.2) is 0 Å². The van der Waals surface area contributed by atoms with Gasteiger partial charge in [0.1, 0.15) is 0 Å². The number of hydrogen-bond donors (Lipinski definition) is 1. The zero-order valence-corrected chi connectivity index (χ0v) is 13.3. The maximum atomic E-state index is 12.6. The molecule has 4 saturated carbocycles. The Morgan fingerprint density at radius 3 is 2.24 bits per heavy atom. The van der Waals surface area contributed by atoms with E-state index in [9.17, 15) is 4.79 Å². The van der Waals surface area contributed by atoms with Gasteiger partial charge in [0.25, 0.3) is 5.91 Å². The van der Waals surface area contributed by atoms with E-state index in [0.717, 1.165) is 11.8 Å². The predicted molar refractivity (Wildman–Crippen MR) is 84.8 cm³/mol. The quantitative estimate of drug-likeness (QED) is 0.850. The molecule has 1 aromatic rings. The first kappa shape index (κ1) is 13.9. The van der Waals surface area contributed by atoms with Gasteiger partial charge in [-0.15, -0.1) is 0 Å². The largest absolute Gasteiger partial charge is 0.349 e. The van der Waals surface area contributed by atoms with E-state index in [2.05, 4.69) is 5.32 Å². The summed E-state index contributed by atoms with van der Waals surface area (Å²) in [5.74, 6) is 3.09. The molecule has 0 unspecified atom stereocenters. The second-order valence-electron chi connectivity index (χ2n) is 7.03. The zero-order chi connectivity index (χ0) is 14.6. The van der Waals surface area contributed by atoms with Crippen LogP contribution in [0.5, 0.6) is 0 Å². The molecule has 2 nitrogen and oxygen atoms in total. The summed E-state index contributed by atoms with van der Waals surface area (Å²) in [4.78, 5) is 12.6. The topological polar surface area (TPSA) is 29.1 Å². The number of hydrogen-bond acceptors (Lipinski definition) is 1. The van der Waals surface area contributed by atoms with Gasteiger partial charge >= 0.3 is 0 Å². The molecule has 1 amide bonds. The molecule has 0 saturated heterocycles. The number of rotatable bonds is 2. The molecule has 4 aliphatic carbocycles. The van der Waals surface area contributed by atoms with Gasteiger partial charge in [-0.1, -0.05) is 29.3 Å². The number of carbonyl (C=O) groups is 1. The predicted octanol–water partition coefficient (Wildman–Crippen LogP) is 4.55. The Kier molecular flexibility index (Phi) is 3.42. The zero-order valence-electron chi connectivity index (χ0n) is 11.8. The van der Waals surface area contributed by atoms with Gasteiger partial charge in [-0.05, 0) is 67.9 Å². The lowest BCUT2D eigenvalue weighted by Crippen LogP contribution is -2.55. The normalized spacial score (nSPS) is 36.8. The Hall–Kier alpha value is -0.730. The maximum Gasteiger partial charge on any atom is 0.253 e. The van der Waals surface area contributed by atoms with Crippen molar-refractivity contribution in [2.75, 3.05) is 0 Å². The van der Waals surface area contributed by atoms with Crippen molar-refractivity contribution in [2.24, 2.45) is 23.7 Å². The highest BCUT2D eigenvalue weighted by Gasteiger charge is 2.48. The Balaban J connectivity index is 1.53. The van der Waals surface area contributed by atoms with Crippen LogP contribution in [0.3, 0.4) is 0 Å². The average Bonchev–Trinajstić information content (AvgIpc) is 2.45. The molecule has 0 aliphatic heterocycles. The minimum Gasteiger partial charge on any atom is -0.349 e. The Morgan fingerprint density at radius 1 is 1.00 bits per heavy atom. The van der Waals surface area contributed by atoms with Crippen LogP contribution >= 0.6 is 23.2 Å². The summed E-state index contributed by atoms with van der Waals surface area (Å²) in [6.07, 6.45) is 6.60. The number of amides is 1. The lowest BCUT2D eigenvalue weighted by molar-refractivity contribution is -0.0119. The number of nitrogens with one attached hydrogen (secondary N) is 1. The fraction of sp³-hybridized carbons (Fsp3) is 0.588. The number of halogens is 2. The van der Waals surface area contributed by atoms with Crippen molar-refractivity contribution in [2.45, 2.75) is 38.1 Å². The van der Waals surface area contributed by atoms with Crippen molar-refractivity contribution >= 4 is 29.1 Å². The highest BCUT2D eigenvalue weighted by molar-refractivity contribution is 6.43. The molecule has 4 aliphatic rings. The fourth-order valence-electron chi connectivity index (χ4n) is 5.07. The molecule has 4 bridgehead atoms. The summed E-state index contributed by atoms with van der Waals surface area (Å²) in [7, 11) is 0. The molecule has 112 valence electrons. The molecule has 21 heavy (non-hydrogen) atoms. The van der Waals surface area contributed by atoms with Crippen molar-refractivity contribution in [1.29, 1.82) is 0 Å². The third kappa shape index (κ3) is 2.37. The second kappa shape index (κ2) is 5.17. The molecule has 1 aromatic carbocycles. The fourth-order valence-corrected chi connectivity index (χ4v) is 5.46. The monoisotopic (exact) mass is 323 g/mol. The van der Waals surface area contributed by atoms with Crippen LogP contribution < -0.4 is 5.32 Å². The second-order valence-corrected chi connectivity index (χ2v) is 7.82. The van der Waals surface area contributed by atoms with Crippen LogP contribution in [-0.2, 0) is 0 Å². The molecule has 0 spiro atoms. The van der Waals surface area contributed by atoms with E-state index in [-0.39, 0.29) is 5.91 Å². The SMILES string of the molecule is O=C(NC1C2CC3CC(C2)CC1C3)c1cccc(Cl)c1Cl. The third-order valence-electron chi connectivity index (χ3n) is 5.72. The maximum absolute atomic E-state index is 12.6. The van der Waals surface area contributed by atoms with Crippen molar-refractivity contribution in [3.05, 3.63) is 33.8 Å². The van der Waals surface area contributed by atoms with Crippen LogP contribution in [0.4, 0.5) is 0 Å². The molecular formula is C17H19Cl2NO. The molecular weight excluding hydrogens is 305 g/mol. The van der Waals surface area contributed by atoms with Crippen molar-refractivity contribution in [3.63, 3.8) is 0 Å². The highest BCUT2D eigenvalue weighted by atomic mass is 35.5. The van der Waals surface area contributed by atoms with E-state index in [1.54, 1.807) is 18.2 Å². The average molecular weight is 324 g/mol. The van der Waals surface area contributed by atoms with Gasteiger partial charge in [0.2, 0.25) is 0 Å². The summed E-state index contributed by atoms with van der Waals surface area (Å²) in [5, 5.41) is 4.07. The van der Waals surface area contributed by atoms with Crippen molar-refractivity contribution < 1.29 is 4.79 Å². The van der Waals surface area contributed by atoms with Gasteiger partial charge < -0.3 is 5.32 Å². The smallest absolute Gasteiger partial charge is 0.253 e. The van der Waals surface area contributed by atoms with Gasteiger partial charge in [-0.25, -0.2) is 0 Å². The lowest BCUT2D eigenvalue weighted by atomic mass is 9.54. The standard InChI is InChI=1S/C17H19Cl2NO/c18-14-3-1-2-13(15(14)19)17(21)20-16-11-5-9-4-10(7-11)8-12(16)6-9/h1-3,9-12,16H,4-8H2,(H,20,21). The minimum atomic E-state index is -0.0695. The third-order valence-corrected chi connectivity index (χ3v) is 6.54. The van der Waals surface area contributed by atoms with E-state index >= 15 is 0 Å². The lowest BCUT2D eigenvalue weighted by Gasteiger charge is -2.54. The summed E-state index contributed by atoms with van der Waals surface area (Å²) < 4.78 is 0. The molecule has 4 heteroatoms. The molecule has 0 heterocycles.